The van der Waals surface area contributed by atoms with Gasteiger partial charge in [-0.2, -0.15) is 11.8 Å². The molecule has 106 valence electrons. The second-order valence-electron chi connectivity index (χ2n) is 4.54. The summed E-state index contributed by atoms with van der Waals surface area (Å²) in [5.74, 6) is 4.97. The maximum atomic E-state index is 5.40. The van der Waals surface area contributed by atoms with Gasteiger partial charge in [0.1, 0.15) is 18.2 Å². The number of rotatable bonds is 6. The van der Waals surface area contributed by atoms with E-state index in [0.717, 1.165) is 17.5 Å². The van der Waals surface area contributed by atoms with Gasteiger partial charge in [-0.25, -0.2) is 9.97 Å². The lowest BCUT2D eigenvalue weighted by Gasteiger charge is -2.25. The van der Waals surface area contributed by atoms with E-state index in [9.17, 15) is 0 Å². The molecule has 2 rings (SSSR count). The van der Waals surface area contributed by atoms with Crippen LogP contribution in [0.3, 0.4) is 0 Å². The van der Waals surface area contributed by atoms with Crippen LogP contribution in [0.4, 0.5) is 11.6 Å². The Balaban J connectivity index is 2.17. The van der Waals surface area contributed by atoms with Gasteiger partial charge in [0.25, 0.3) is 0 Å². The van der Waals surface area contributed by atoms with Crippen molar-refractivity contribution in [3.63, 3.8) is 0 Å². The molecule has 1 saturated heterocycles. The lowest BCUT2D eigenvalue weighted by molar-refractivity contribution is 0.128. The molecule has 0 radical (unpaired) electrons. The van der Waals surface area contributed by atoms with E-state index in [1.165, 1.54) is 17.9 Å². The molecule has 19 heavy (non-hydrogen) atoms. The molecule has 1 atom stereocenters. The monoisotopic (exact) mass is 282 g/mol. The van der Waals surface area contributed by atoms with Crippen molar-refractivity contribution in [1.82, 2.24) is 9.97 Å². The predicted molar refractivity (Wildman–Crippen MR) is 81.0 cm³/mol. The minimum Gasteiger partial charge on any atom is -0.374 e. The maximum Gasteiger partial charge on any atom is 0.158 e. The summed E-state index contributed by atoms with van der Waals surface area (Å²) in [6.45, 7) is 3.12. The second kappa shape index (κ2) is 6.96. The van der Waals surface area contributed by atoms with E-state index >= 15 is 0 Å². The van der Waals surface area contributed by atoms with Crippen molar-refractivity contribution in [2.24, 2.45) is 0 Å². The Kier molecular flexibility index (Phi) is 5.27. The summed E-state index contributed by atoms with van der Waals surface area (Å²) < 4.78 is 5.40. The maximum absolute atomic E-state index is 5.40. The van der Waals surface area contributed by atoms with Crippen molar-refractivity contribution in [3.8, 4) is 0 Å². The normalized spacial score (nSPS) is 18.6. The van der Waals surface area contributed by atoms with Crippen molar-refractivity contribution in [2.75, 3.05) is 42.4 Å². The molecule has 6 heteroatoms. The lowest BCUT2D eigenvalue weighted by Crippen LogP contribution is -2.32. The molecule has 1 unspecified atom stereocenters. The van der Waals surface area contributed by atoms with Gasteiger partial charge >= 0.3 is 0 Å². The molecule has 2 heterocycles. The molecule has 1 N–H and O–H groups in total. The average molecular weight is 282 g/mol. The van der Waals surface area contributed by atoms with Crippen LogP contribution >= 0.6 is 11.8 Å². The van der Waals surface area contributed by atoms with Gasteiger partial charge in [-0.3, -0.25) is 0 Å². The topological polar surface area (TPSA) is 50.3 Å². The van der Waals surface area contributed by atoms with Gasteiger partial charge in [-0.1, -0.05) is 0 Å². The fourth-order valence-electron chi connectivity index (χ4n) is 2.06. The van der Waals surface area contributed by atoms with E-state index in [1.807, 2.05) is 31.8 Å². The first-order valence-corrected chi connectivity index (χ1v) is 7.84. The van der Waals surface area contributed by atoms with E-state index in [1.54, 1.807) is 0 Å². The zero-order valence-electron chi connectivity index (χ0n) is 11.8. The molecule has 1 aromatic rings. The number of anilines is 2. The van der Waals surface area contributed by atoms with Crippen LogP contribution in [0, 0.1) is 0 Å². The Bertz CT molecular complexity index is 410. The first kappa shape index (κ1) is 14.4. The van der Waals surface area contributed by atoms with Crippen LogP contribution in [0.5, 0.6) is 0 Å². The number of nitrogens with one attached hydrogen (secondary N) is 1. The standard InChI is InChI=1S/C13H22N4OS/c1-4-18-8-12-15-11(14-2)7-13(16-12)17(3)10-5-6-19-9-10/h7,10H,4-6,8-9H2,1-3H3,(H,14,15,16). The summed E-state index contributed by atoms with van der Waals surface area (Å²) >= 11 is 2.01. The smallest absolute Gasteiger partial charge is 0.158 e. The van der Waals surface area contributed by atoms with Crippen molar-refractivity contribution in [1.29, 1.82) is 0 Å². The summed E-state index contributed by atoms with van der Waals surface area (Å²) in [6.07, 6.45) is 1.22. The second-order valence-corrected chi connectivity index (χ2v) is 5.69. The highest BCUT2D eigenvalue weighted by molar-refractivity contribution is 7.99. The van der Waals surface area contributed by atoms with Gasteiger partial charge in [0.2, 0.25) is 0 Å². The fraction of sp³-hybridized carbons (Fsp3) is 0.692. The molecule has 1 fully saturated rings. The molecular weight excluding hydrogens is 260 g/mol. The highest BCUT2D eigenvalue weighted by Crippen LogP contribution is 2.25. The van der Waals surface area contributed by atoms with Crippen LogP contribution in [0.1, 0.15) is 19.2 Å². The van der Waals surface area contributed by atoms with E-state index < -0.39 is 0 Å². The number of nitrogens with zero attached hydrogens (tertiary/aromatic N) is 3. The van der Waals surface area contributed by atoms with Crippen LogP contribution in [0.2, 0.25) is 0 Å². The van der Waals surface area contributed by atoms with E-state index in [4.69, 9.17) is 4.74 Å². The molecule has 0 saturated carbocycles. The van der Waals surface area contributed by atoms with Crippen LogP contribution < -0.4 is 10.2 Å². The van der Waals surface area contributed by atoms with Gasteiger partial charge < -0.3 is 15.0 Å². The number of thioether (sulfide) groups is 1. The molecule has 0 bridgehead atoms. The Morgan fingerprint density at radius 2 is 2.37 bits per heavy atom. The molecule has 0 aromatic carbocycles. The molecule has 0 spiro atoms. The zero-order valence-corrected chi connectivity index (χ0v) is 12.7. The van der Waals surface area contributed by atoms with Crippen LogP contribution in [-0.2, 0) is 11.3 Å². The number of hydrogen-bond acceptors (Lipinski definition) is 6. The Labute approximate surface area is 119 Å². The molecule has 1 aliphatic heterocycles. The molecule has 5 nitrogen and oxygen atoms in total. The first-order chi connectivity index (χ1) is 9.24. The highest BCUT2D eigenvalue weighted by Gasteiger charge is 2.21. The van der Waals surface area contributed by atoms with E-state index in [0.29, 0.717) is 19.3 Å². The third kappa shape index (κ3) is 3.73. The molecule has 1 aromatic heterocycles. The summed E-state index contributed by atoms with van der Waals surface area (Å²) in [7, 11) is 3.99. The lowest BCUT2D eigenvalue weighted by atomic mass is 10.2. The summed E-state index contributed by atoms with van der Waals surface area (Å²) in [6, 6.07) is 2.57. The third-order valence-corrected chi connectivity index (χ3v) is 4.41. The number of ether oxygens (including phenoxy) is 1. The van der Waals surface area contributed by atoms with Crippen molar-refractivity contribution >= 4 is 23.4 Å². The largest absolute Gasteiger partial charge is 0.374 e. The molecule has 0 amide bonds. The Morgan fingerprint density at radius 3 is 3.00 bits per heavy atom. The minimum absolute atomic E-state index is 0.465. The number of aromatic nitrogens is 2. The van der Waals surface area contributed by atoms with Gasteiger partial charge in [0, 0.05) is 38.6 Å². The van der Waals surface area contributed by atoms with Gasteiger partial charge in [-0.05, 0) is 19.1 Å². The van der Waals surface area contributed by atoms with E-state index in [2.05, 4.69) is 27.2 Å². The molecule has 0 aliphatic carbocycles. The van der Waals surface area contributed by atoms with Crippen molar-refractivity contribution in [2.45, 2.75) is 26.0 Å². The van der Waals surface area contributed by atoms with Crippen LogP contribution in [-0.4, -0.2) is 48.2 Å². The Hall–Kier alpha value is -1.01. The van der Waals surface area contributed by atoms with Crippen LogP contribution in [0.25, 0.3) is 0 Å². The van der Waals surface area contributed by atoms with Gasteiger partial charge in [0.15, 0.2) is 5.82 Å². The highest BCUT2D eigenvalue weighted by atomic mass is 32.2. The summed E-state index contributed by atoms with van der Waals surface area (Å²) in [4.78, 5) is 11.3. The average Bonchev–Trinajstić information content (AvgIpc) is 2.98. The van der Waals surface area contributed by atoms with Crippen molar-refractivity contribution in [3.05, 3.63) is 11.9 Å². The predicted octanol–water partition coefficient (Wildman–Crippen LogP) is 2.00. The number of hydrogen-bond donors (Lipinski definition) is 1. The molecular formula is C13H22N4OS. The third-order valence-electron chi connectivity index (χ3n) is 3.27. The SMILES string of the molecule is CCOCc1nc(NC)cc(N(C)C2CCSC2)n1. The van der Waals surface area contributed by atoms with Crippen molar-refractivity contribution < 1.29 is 4.74 Å². The van der Waals surface area contributed by atoms with E-state index in [-0.39, 0.29) is 0 Å². The molecule has 1 aliphatic rings. The van der Waals surface area contributed by atoms with Crippen LogP contribution in [0.15, 0.2) is 6.07 Å². The zero-order chi connectivity index (χ0) is 13.7. The first-order valence-electron chi connectivity index (χ1n) is 6.68. The van der Waals surface area contributed by atoms with Gasteiger partial charge in [0.05, 0.1) is 0 Å². The summed E-state index contributed by atoms with van der Waals surface area (Å²) in [5.41, 5.74) is 0. The quantitative estimate of drug-likeness (QED) is 0.861. The fourth-order valence-corrected chi connectivity index (χ4v) is 3.33. The van der Waals surface area contributed by atoms with Gasteiger partial charge in [-0.15, -0.1) is 0 Å². The minimum atomic E-state index is 0.465. The summed E-state index contributed by atoms with van der Waals surface area (Å²) in [5, 5.41) is 3.09. The Morgan fingerprint density at radius 1 is 1.53 bits per heavy atom.